The lowest BCUT2D eigenvalue weighted by molar-refractivity contribution is -0.137. The van der Waals surface area contributed by atoms with Crippen molar-refractivity contribution in [1.82, 2.24) is 15.1 Å². The molecule has 0 unspecified atom stereocenters. The molecule has 0 bridgehead atoms. The lowest BCUT2D eigenvalue weighted by Crippen LogP contribution is -2.26. The number of rotatable bonds is 6. The van der Waals surface area contributed by atoms with Gasteiger partial charge in [0.15, 0.2) is 0 Å². The van der Waals surface area contributed by atoms with Gasteiger partial charge in [-0.1, -0.05) is 24.6 Å². The Morgan fingerprint density at radius 1 is 1.29 bits per heavy atom. The summed E-state index contributed by atoms with van der Waals surface area (Å²) in [6.07, 6.45) is -1.65. The highest BCUT2D eigenvalue weighted by Gasteiger charge is 2.35. The molecule has 1 aromatic heterocycles. The third kappa shape index (κ3) is 6.29. The van der Waals surface area contributed by atoms with E-state index in [1.807, 2.05) is 6.92 Å². The van der Waals surface area contributed by atoms with Crippen molar-refractivity contribution in [3.05, 3.63) is 51.3 Å². The number of carbonyl (C=O) groups excluding carboxylic acids is 2. The van der Waals surface area contributed by atoms with Crippen LogP contribution in [-0.4, -0.2) is 48.0 Å². The second kappa shape index (κ2) is 11.7. The lowest BCUT2D eigenvalue weighted by Gasteiger charge is -2.12. The number of carbonyl (C=O) groups is 2. The maximum atomic E-state index is 13.0. The summed E-state index contributed by atoms with van der Waals surface area (Å²) in [6, 6.07) is 3.11. The molecule has 0 atom stereocenters. The van der Waals surface area contributed by atoms with Crippen molar-refractivity contribution >= 4 is 23.5 Å². The van der Waals surface area contributed by atoms with Gasteiger partial charge in [0, 0.05) is 32.7 Å². The first-order valence-electron chi connectivity index (χ1n) is 11.2. The average Bonchev–Trinajstić information content (AvgIpc) is 3.13. The molecule has 11 heteroatoms. The second-order valence-corrected chi connectivity index (χ2v) is 8.20. The standard InChI is InChI=1S/C23H27ClF3N3O4/c1-2-17-19-18(9-4-12-33-13-5-10-28-21(19)31)30(29-17)11-6-14-34-22(32)15-7-3-8-16(20(15)24)23(25,26)27/h3,7-8H,2,4-6,9-14H2,1H3,(H,28,31). The molecule has 0 spiro atoms. The van der Waals surface area contributed by atoms with E-state index in [4.69, 9.17) is 21.1 Å². The zero-order valence-electron chi connectivity index (χ0n) is 18.8. The summed E-state index contributed by atoms with van der Waals surface area (Å²) >= 11 is 5.79. The fraction of sp³-hybridized carbons (Fsp3) is 0.522. The van der Waals surface area contributed by atoms with Crippen LogP contribution in [0.25, 0.3) is 0 Å². The number of nitrogens with zero attached hydrogens (tertiary/aromatic N) is 2. The third-order valence-electron chi connectivity index (χ3n) is 5.42. The van der Waals surface area contributed by atoms with Gasteiger partial charge in [0.05, 0.1) is 39.7 Å². The van der Waals surface area contributed by atoms with Gasteiger partial charge in [-0.2, -0.15) is 18.3 Å². The SMILES string of the molecule is CCc1nn(CCCOC(=O)c2cccc(C(F)(F)F)c2Cl)c2c1C(=O)NCCCOCCC2. The first kappa shape index (κ1) is 26.0. The predicted octanol–water partition coefficient (Wildman–Crippen LogP) is 4.45. The van der Waals surface area contributed by atoms with Gasteiger partial charge in [0.1, 0.15) is 0 Å². The number of ether oxygens (including phenoxy) is 2. The van der Waals surface area contributed by atoms with Crippen LogP contribution < -0.4 is 5.32 Å². The van der Waals surface area contributed by atoms with Crippen molar-refractivity contribution in [2.45, 2.75) is 51.7 Å². The van der Waals surface area contributed by atoms with Gasteiger partial charge in [-0.15, -0.1) is 0 Å². The average molecular weight is 502 g/mol. The van der Waals surface area contributed by atoms with E-state index in [2.05, 4.69) is 10.4 Å². The summed E-state index contributed by atoms with van der Waals surface area (Å²) in [6.45, 7) is 3.94. The van der Waals surface area contributed by atoms with E-state index in [1.54, 1.807) is 4.68 Å². The van der Waals surface area contributed by atoms with Crippen LogP contribution >= 0.6 is 11.6 Å². The quantitative estimate of drug-likeness (QED) is 0.467. The monoisotopic (exact) mass is 501 g/mol. The van der Waals surface area contributed by atoms with Crippen molar-refractivity contribution < 1.29 is 32.2 Å². The van der Waals surface area contributed by atoms with Crippen molar-refractivity contribution in [2.24, 2.45) is 0 Å². The summed E-state index contributed by atoms with van der Waals surface area (Å²) in [5.41, 5.74) is 0.648. The molecule has 1 amide bonds. The number of benzene rings is 1. The Labute approximate surface area is 200 Å². The van der Waals surface area contributed by atoms with Crippen LogP contribution in [0.15, 0.2) is 18.2 Å². The fourth-order valence-corrected chi connectivity index (χ4v) is 4.08. The van der Waals surface area contributed by atoms with Gasteiger partial charge < -0.3 is 14.8 Å². The molecule has 186 valence electrons. The van der Waals surface area contributed by atoms with Crippen molar-refractivity contribution in [2.75, 3.05) is 26.4 Å². The normalized spacial score (nSPS) is 15.3. The van der Waals surface area contributed by atoms with E-state index >= 15 is 0 Å². The molecule has 34 heavy (non-hydrogen) atoms. The molecule has 1 N–H and O–H groups in total. The number of aromatic nitrogens is 2. The van der Waals surface area contributed by atoms with Gasteiger partial charge in [0.2, 0.25) is 0 Å². The van der Waals surface area contributed by atoms with Gasteiger partial charge >= 0.3 is 12.1 Å². The van der Waals surface area contributed by atoms with Crippen LogP contribution in [0.2, 0.25) is 5.02 Å². The van der Waals surface area contributed by atoms with E-state index in [0.29, 0.717) is 56.8 Å². The smallest absolute Gasteiger partial charge is 0.417 e. The summed E-state index contributed by atoms with van der Waals surface area (Å²) in [4.78, 5) is 25.1. The molecule has 1 aromatic carbocycles. The molecule has 0 radical (unpaired) electrons. The molecular formula is C23H27ClF3N3O4. The number of halogens is 4. The lowest BCUT2D eigenvalue weighted by atomic mass is 10.1. The molecule has 1 aliphatic rings. The van der Waals surface area contributed by atoms with Gasteiger partial charge in [-0.05, 0) is 37.8 Å². The van der Waals surface area contributed by atoms with Crippen molar-refractivity contribution in [3.63, 3.8) is 0 Å². The molecule has 0 aliphatic carbocycles. The molecule has 2 heterocycles. The van der Waals surface area contributed by atoms with E-state index in [0.717, 1.165) is 30.7 Å². The van der Waals surface area contributed by atoms with E-state index in [-0.39, 0.29) is 18.1 Å². The van der Waals surface area contributed by atoms with Crippen molar-refractivity contribution in [1.29, 1.82) is 0 Å². The maximum Gasteiger partial charge on any atom is 0.417 e. The maximum absolute atomic E-state index is 13.0. The van der Waals surface area contributed by atoms with E-state index in [9.17, 15) is 22.8 Å². The number of fused-ring (bicyclic) bond motifs is 1. The Morgan fingerprint density at radius 2 is 2.06 bits per heavy atom. The minimum Gasteiger partial charge on any atom is -0.462 e. The van der Waals surface area contributed by atoms with E-state index < -0.39 is 22.7 Å². The van der Waals surface area contributed by atoms with Crippen molar-refractivity contribution in [3.8, 4) is 0 Å². The van der Waals surface area contributed by atoms with Crippen LogP contribution in [-0.2, 0) is 35.0 Å². The number of hydrogen-bond acceptors (Lipinski definition) is 5. The molecule has 1 aliphatic heterocycles. The molecule has 0 saturated carbocycles. The highest BCUT2D eigenvalue weighted by Crippen LogP contribution is 2.36. The number of esters is 1. The second-order valence-electron chi connectivity index (χ2n) is 7.82. The molecule has 3 rings (SSSR count). The summed E-state index contributed by atoms with van der Waals surface area (Å²) in [7, 11) is 0. The van der Waals surface area contributed by atoms with Crippen LogP contribution in [0.3, 0.4) is 0 Å². The Hall–Kier alpha value is -2.59. The summed E-state index contributed by atoms with van der Waals surface area (Å²) in [5.74, 6) is -1.09. The topological polar surface area (TPSA) is 82.5 Å². The number of aryl methyl sites for hydroxylation is 2. The van der Waals surface area contributed by atoms with Gasteiger partial charge in [-0.3, -0.25) is 9.48 Å². The number of alkyl halides is 3. The van der Waals surface area contributed by atoms with Gasteiger partial charge in [0.25, 0.3) is 5.91 Å². The van der Waals surface area contributed by atoms with E-state index in [1.165, 1.54) is 6.07 Å². The fourth-order valence-electron chi connectivity index (χ4n) is 3.77. The van der Waals surface area contributed by atoms with Crippen LogP contribution in [0.1, 0.15) is 63.9 Å². The minimum absolute atomic E-state index is 0.0448. The predicted molar refractivity (Wildman–Crippen MR) is 119 cm³/mol. The Morgan fingerprint density at radius 3 is 2.79 bits per heavy atom. The van der Waals surface area contributed by atoms with Gasteiger partial charge in [-0.25, -0.2) is 4.79 Å². The Balaban J connectivity index is 1.67. The zero-order chi connectivity index (χ0) is 24.7. The van der Waals surface area contributed by atoms with Crippen LogP contribution in [0.5, 0.6) is 0 Å². The Kier molecular flexibility index (Phi) is 8.96. The molecule has 0 fully saturated rings. The third-order valence-corrected chi connectivity index (χ3v) is 5.82. The summed E-state index contributed by atoms with van der Waals surface area (Å²) in [5, 5.41) is 6.81. The highest BCUT2D eigenvalue weighted by molar-refractivity contribution is 6.34. The molecule has 0 saturated heterocycles. The minimum atomic E-state index is -4.67. The van der Waals surface area contributed by atoms with Crippen LogP contribution in [0.4, 0.5) is 13.2 Å². The Bertz CT molecular complexity index is 1020. The highest BCUT2D eigenvalue weighted by atomic mass is 35.5. The summed E-state index contributed by atoms with van der Waals surface area (Å²) < 4.78 is 51.6. The molecular weight excluding hydrogens is 475 g/mol. The number of hydrogen-bond donors (Lipinski definition) is 1. The number of nitrogens with one attached hydrogen (secondary N) is 1. The number of amides is 1. The zero-order valence-corrected chi connectivity index (χ0v) is 19.6. The van der Waals surface area contributed by atoms with Crippen LogP contribution in [0, 0.1) is 0 Å². The first-order chi connectivity index (χ1) is 16.2. The largest absolute Gasteiger partial charge is 0.462 e. The molecule has 2 aromatic rings. The molecule has 7 nitrogen and oxygen atoms in total. The first-order valence-corrected chi connectivity index (χ1v) is 11.6.